The minimum atomic E-state index is -4.42. The van der Waals surface area contributed by atoms with Gasteiger partial charge in [0.1, 0.15) is 31.2 Å². The van der Waals surface area contributed by atoms with E-state index in [0.29, 0.717) is 30.2 Å². The molecule has 0 saturated carbocycles. The van der Waals surface area contributed by atoms with Gasteiger partial charge in [-0.05, 0) is 26.7 Å². The highest BCUT2D eigenvalue weighted by molar-refractivity contribution is 5.82. The van der Waals surface area contributed by atoms with Gasteiger partial charge in [-0.15, -0.1) is 0 Å². The molecule has 0 radical (unpaired) electrons. The molecule has 2 aromatic rings. The molecule has 5 heterocycles. The molecule has 0 bridgehead atoms. The van der Waals surface area contributed by atoms with Gasteiger partial charge in [0.25, 0.3) is 0 Å². The molecule has 0 amide bonds. The lowest BCUT2D eigenvalue weighted by Crippen LogP contribution is -2.34. The van der Waals surface area contributed by atoms with Crippen LogP contribution in [-0.2, 0) is 23.7 Å². The quantitative estimate of drug-likeness (QED) is 0.678. The maximum atomic E-state index is 12.5. The highest BCUT2D eigenvalue weighted by Crippen LogP contribution is 2.44. The normalized spacial score (nSPS) is 30.1. The summed E-state index contributed by atoms with van der Waals surface area (Å²) in [5.41, 5.74) is 1.09. The third kappa shape index (κ3) is 4.78. The Morgan fingerprint density at radius 2 is 1.91 bits per heavy atom. The molecule has 0 aromatic carbocycles. The van der Waals surface area contributed by atoms with Gasteiger partial charge in [-0.2, -0.15) is 13.2 Å². The SMILES string of the molecule is CC1(C)O[C@@H]2[C@H](O1)[C@@H](COCC(F)(F)F)O[C@H]2n1cnc2c(NC3CCOCC3)ncnc21. The molecule has 182 valence electrons. The van der Waals surface area contributed by atoms with Gasteiger partial charge in [-0.3, -0.25) is 4.57 Å². The molecule has 10 nitrogen and oxygen atoms in total. The maximum absolute atomic E-state index is 12.5. The van der Waals surface area contributed by atoms with Crippen LogP contribution in [0.3, 0.4) is 0 Å². The lowest BCUT2D eigenvalue weighted by Gasteiger charge is -2.25. The largest absolute Gasteiger partial charge is 0.411 e. The van der Waals surface area contributed by atoms with Crippen molar-refractivity contribution in [2.75, 3.05) is 31.7 Å². The van der Waals surface area contributed by atoms with Crippen molar-refractivity contribution in [1.29, 1.82) is 0 Å². The molecule has 0 spiro atoms. The van der Waals surface area contributed by atoms with E-state index in [1.807, 2.05) is 0 Å². The van der Waals surface area contributed by atoms with Gasteiger partial charge >= 0.3 is 6.18 Å². The number of halogens is 3. The van der Waals surface area contributed by atoms with Crippen LogP contribution in [-0.4, -0.2) is 82.3 Å². The van der Waals surface area contributed by atoms with E-state index in [-0.39, 0.29) is 12.6 Å². The first kappa shape index (κ1) is 22.7. The molecule has 3 aliphatic rings. The number of nitrogens with zero attached hydrogens (tertiary/aromatic N) is 4. The van der Waals surface area contributed by atoms with Gasteiger partial charge in [0.2, 0.25) is 0 Å². The second-order valence-electron chi connectivity index (χ2n) is 8.84. The van der Waals surface area contributed by atoms with Crippen molar-refractivity contribution >= 4 is 17.0 Å². The van der Waals surface area contributed by atoms with Gasteiger partial charge < -0.3 is 29.0 Å². The molecule has 4 atom stereocenters. The molecule has 13 heteroatoms. The van der Waals surface area contributed by atoms with Crippen LogP contribution in [0.2, 0.25) is 0 Å². The van der Waals surface area contributed by atoms with E-state index < -0.39 is 43.1 Å². The number of aromatic nitrogens is 4. The Kier molecular flexibility index (Phi) is 5.93. The first-order valence-corrected chi connectivity index (χ1v) is 10.9. The average Bonchev–Trinajstić information content (AvgIpc) is 3.40. The van der Waals surface area contributed by atoms with Gasteiger partial charge in [0.05, 0.1) is 12.9 Å². The third-order valence-electron chi connectivity index (χ3n) is 5.87. The molecule has 2 aromatic heterocycles. The zero-order valence-corrected chi connectivity index (χ0v) is 18.2. The second kappa shape index (κ2) is 8.62. The number of hydrogen-bond acceptors (Lipinski definition) is 9. The standard InChI is InChI=1S/C20H26F3N5O5/c1-19(2)32-14-12(7-30-8-20(21,22)23)31-18(15(14)33-19)28-10-26-13-16(24-9-25-17(13)28)27-11-3-5-29-6-4-11/h9-12,14-15,18H,3-8H2,1-2H3,(H,24,25,27)/t12-,14-,15-,18-/m1/s1. The number of ether oxygens (including phenoxy) is 5. The molecule has 0 aliphatic carbocycles. The van der Waals surface area contributed by atoms with E-state index in [1.165, 1.54) is 6.33 Å². The summed E-state index contributed by atoms with van der Waals surface area (Å²) in [7, 11) is 0. The Morgan fingerprint density at radius 1 is 1.15 bits per heavy atom. The zero-order valence-electron chi connectivity index (χ0n) is 18.2. The highest BCUT2D eigenvalue weighted by atomic mass is 19.4. The topological polar surface area (TPSA) is 102 Å². The number of alkyl halides is 3. The van der Waals surface area contributed by atoms with E-state index in [9.17, 15) is 13.2 Å². The number of fused-ring (bicyclic) bond motifs is 2. The predicted octanol–water partition coefficient (Wildman–Crippen LogP) is 2.41. The Labute approximate surface area is 187 Å². The van der Waals surface area contributed by atoms with Crippen molar-refractivity contribution in [2.24, 2.45) is 0 Å². The smallest absolute Gasteiger partial charge is 0.381 e. The molecular weight excluding hydrogens is 447 g/mol. The fourth-order valence-electron chi connectivity index (χ4n) is 4.49. The summed E-state index contributed by atoms with van der Waals surface area (Å²) in [6.45, 7) is 3.23. The molecular formula is C20H26F3N5O5. The van der Waals surface area contributed by atoms with Crippen LogP contribution in [0.15, 0.2) is 12.7 Å². The van der Waals surface area contributed by atoms with Crippen LogP contribution in [0.1, 0.15) is 32.9 Å². The Balaban J connectivity index is 1.38. The molecule has 3 fully saturated rings. The summed E-state index contributed by atoms with van der Waals surface area (Å²) >= 11 is 0. The van der Waals surface area contributed by atoms with Gasteiger partial charge in [0, 0.05) is 19.3 Å². The highest BCUT2D eigenvalue weighted by Gasteiger charge is 2.56. The average molecular weight is 473 g/mol. The minimum absolute atomic E-state index is 0.219. The number of imidazole rings is 1. The van der Waals surface area contributed by atoms with Crippen LogP contribution >= 0.6 is 0 Å². The van der Waals surface area contributed by atoms with Gasteiger partial charge in [-0.1, -0.05) is 0 Å². The van der Waals surface area contributed by atoms with Crippen LogP contribution < -0.4 is 5.32 Å². The van der Waals surface area contributed by atoms with Crippen LogP contribution in [0.4, 0.5) is 19.0 Å². The molecule has 33 heavy (non-hydrogen) atoms. The maximum Gasteiger partial charge on any atom is 0.411 e. The van der Waals surface area contributed by atoms with E-state index in [2.05, 4.69) is 20.3 Å². The fraction of sp³-hybridized carbons (Fsp3) is 0.750. The van der Waals surface area contributed by atoms with Crippen LogP contribution in [0.25, 0.3) is 11.2 Å². The number of hydrogen-bond donors (Lipinski definition) is 1. The van der Waals surface area contributed by atoms with Crippen LogP contribution in [0, 0.1) is 0 Å². The van der Waals surface area contributed by atoms with E-state index in [1.54, 1.807) is 24.7 Å². The summed E-state index contributed by atoms with van der Waals surface area (Å²) in [6.07, 6.45) is -2.30. The summed E-state index contributed by atoms with van der Waals surface area (Å²) in [5.74, 6) is -0.310. The molecule has 1 N–H and O–H groups in total. The van der Waals surface area contributed by atoms with Crippen molar-refractivity contribution in [3.63, 3.8) is 0 Å². The Morgan fingerprint density at radius 3 is 2.67 bits per heavy atom. The van der Waals surface area contributed by atoms with Crippen LogP contribution in [0.5, 0.6) is 0 Å². The third-order valence-corrected chi connectivity index (χ3v) is 5.87. The zero-order chi connectivity index (χ0) is 23.2. The first-order valence-electron chi connectivity index (χ1n) is 10.9. The second-order valence-corrected chi connectivity index (χ2v) is 8.84. The van der Waals surface area contributed by atoms with Crippen molar-refractivity contribution in [2.45, 2.75) is 69.2 Å². The molecule has 3 saturated heterocycles. The van der Waals surface area contributed by atoms with Gasteiger partial charge in [0.15, 0.2) is 29.0 Å². The first-order chi connectivity index (χ1) is 15.7. The molecule has 3 aliphatic heterocycles. The Bertz CT molecular complexity index is 981. The van der Waals surface area contributed by atoms with E-state index >= 15 is 0 Å². The van der Waals surface area contributed by atoms with Crippen molar-refractivity contribution < 1.29 is 36.9 Å². The van der Waals surface area contributed by atoms with Gasteiger partial charge in [-0.25, -0.2) is 15.0 Å². The summed E-state index contributed by atoms with van der Waals surface area (Å²) in [4.78, 5) is 13.2. The van der Waals surface area contributed by atoms with Crippen molar-refractivity contribution in [3.8, 4) is 0 Å². The molecule has 5 rings (SSSR count). The minimum Gasteiger partial charge on any atom is -0.381 e. The monoisotopic (exact) mass is 473 g/mol. The Hall–Kier alpha value is -2.06. The fourth-order valence-corrected chi connectivity index (χ4v) is 4.49. The lowest BCUT2D eigenvalue weighted by atomic mass is 10.1. The number of rotatable bonds is 6. The number of anilines is 1. The number of nitrogens with one attached hydrogen (secondary N) is 1. The van der Waals surface area contributed by atoms with Crippen molar-refractivity contribution in [3.05, 3.63) is 12.7 Å². The predicted molar refractivity (Wildman–Crippen MR) is 107 cm³/mol. The van der Waals surface area contributed by atoms with E-state index in [0.717, 1.165) is 12.8 Å². The summed E-state index contributed by atoms with van der Waals surface area (Å²) < 4.78 is 67.6. The summed E-state index contributed by atoms with van der Waals surface area (Å²) in [5, 5.41) is 3.41. The van der Waals surface area contributed by atoms with Crippen molar-refractivity contribution in [1.82, 2.24) is 19.5 Å². The van der Waals surface area contributed by atoms with E-state index in [4.69, 9.17) is 23.7 Å². The summed E-state index contributed by atoms with van der Waals surface area (Å²) in [6, 6.07) is 0.219. The molecule has 0 unspecified atom stereocenters. The lowest BCUT2D eigenvalue weighted by molar-refractivity contribution is -0.212.